The van der Waals surface area contributed by atoms with Gasteiger partial charge in [-0.25, -0.2) is 9.18 Å². The van der Waals surface area contributed by atoms with Crippen molar-refractivity contribution in [3.63, 3.8) is 0 Å². The monoisotopic (exact) mass is 417 g/mol. The minimum atomic E-state index is -0.547. The van der Waals surface area contributed by atoms with E-state index >= 15 is 0 Å². The largest absolute Gasteiger partial charge is 0.442 e. The van der Waals surface area contributed by atoms with Crippen LogP contribution < -0.4 is 15.1 Å². The number of aromatic nitrogens is 2. The van der Waals surface area contributed by atoms with E-state index < -0.39 is 12.2 Å². The molecule has 30 heavy (non-hydrogen) atoms. The van der Waals surface area contributed by atoms with Gasteiger partial charge in [-0.15, -0.1) is 0 Å². The zero-order chi connectivity index (χ0) is 21.3. The Labute approximate surface area is 173 Å². The molecule has 2 aromatic rings. The second kappa shape index (κ2) is 8.29. The van der Waals surface area contributed by atoms with E-state index in [2.05, 4.69) is 15.5 Å². The highest BCUT2D eigenvalue weighted by molar-refractivity contribution is 5.90. The number of amides is 2. The Kier molecular flexibility index (Phi) is 5.56. The van der Waals surface area contributed by atoms with Gasteiger partial charge in [0.1, 0.15) is 11.9 Å². The normalized spacial score (nSPS) is 19.8. The summed E-state index contributed by atoms with van der Waals surface area (Å²) in [5.41, 5.74) is 0.938. The highest BCUT2D eigenvalue weighted by Crippen LogP contribution is 2.32. The van der Waals surface area contributed by atoms with Crippen LogP contribution in [0.5, 0.6) is 0 Å². The number of carbonyl (C=O) groups excluding carboxylic acids is 2. The molecule has 10 heteroatoms. The first-order valence-corrected chi connectivity index (χ1v) is 9.98. The van der Waals surface area contributed by atoms with E-state index in [1.165, 1.54) is 17.9 Å². The summed E-state index contributed by atoms with van der Waals surface area (Å²) in [7, 11) is 0. The number of hydrogen-bond acceptors (Lipinski definition) is 7. The van der Waals surface area contributed by atoms with Gasteiger partial charge in [0, 0.05) is 32.9 Å². The summed E-state index contributed by atoms with van der Waals surface area (Å²) in [6.07, 6.45) is 0.609. The molecule has 0 spiro atoms. The van der Waals surface area contributed by atoms with Crippen molar-refractivity contribution in [1.82, 2.24) is 15.5 Å². The molecule has 0 radical (unpaired) electrons. The van der Waals surface area contributed by atoms with E-state index in [9.17, 15) is 14.0 Å². The minimum absolute atomic E-state index is 0.196. The third-order valence-corrected chi connectivity index (χ3v) is 5.44. The number of nitrogens with zero attached hydrogens (tertiary/aromatic N) is 4. The van der Waals surface area contributed by atoms with Crippen LogP contribution in [0.1, 0.15) is 37.4 Å². The van der Waals surface area contributed by atoms with Crippen LogP contribution in [0.3, 0.4) is 0 Å². The Morgan fingerprint density at radius 2 is 2.10 bits per heavy atom. The number of ether oxygens (including phenoxy) is 1. The van der Waals surface area contributed by atoms with Gasteiger partial charge in [-0.3, -0.25) is 9.69 Å². The van der Waals surface area contributed by atoms with E-state index in [1.807, 2.05) is 4.90 Å². The number of piperidine rings is 1. The van der Waals surface area contributed by atoms with Gasteiger partial charge < -0.3 is 19.5 Å². The average molecular weight is 417 g/mol. The Bertz CT molecular complexity index is 941. The standard InChI is InChI=1S/C20H24FN5O4/c1-12(27)22-10-16-11-26(20(28)29-16)15-3-4-18(17(21)9-15)25-7-5-14(6-8-25)19-23-13(2)30-24-19/h3-4,9,14,16H,5-8,10-11H2,1-2H3,(H,22,27)/t16-/m0/s1. The molecule has 0 saturated carbocycles. The summed E-state index contributed by atoms with van der Waals surface area (Å²) in [6.45, 7) is 5.01. The predicted molar refractivity (Wildman–Crippen MR) is 106 cm³/mol. The number of aryl methyl sites for hydroxylation is 1. The molecule has 2 saturated heterocycles. The fourth-order valence-electron chi connectivity index (χ4n) is 3.88. The lowest BCUT2D eigenvalue weighted by Crippen LogP contribution is -2.34. The molecule has 2 aliphatic heterocycles. The molecule has 9 nitrogen and oxygen atoms in total. The maximum absolute atomic E-state index is 14.9. The van der Waals surface area contributed by atoms with Crippen LogP contribution in [0.15, 0.2) is 22.7 Å². The lowest BCUT2D eigenvalue weighted by Gasteiger charge is -2.32. The fraction of sp³-hybridized carbons (Fsp3) is 0.500. The summed E-state index contributed by atoms with van der Waals surface area (Å²) < 4.78 is 25.2. The smallest absolute Gasteiger partial charge is 0.414 e. The Hall–Kier alpha value is -3.17. The number of cyclic esters (lactones) is 1. The quantitative estimate of drug-likeness (QED) is 0.797. The van der Waals surface area contributed by atoms with Crippen molar-refractivity contribution in [3.8, 4) is 0 Å². The van der Waals surface area contributed by atoms with Crippen molar-refractivity contribution in [2.24, 2.45) is 0 Å². The third-order valence-electron chi connectivity index (χ3n) is 5.44. The molecule has 2 amide bonds. The first kappa shape index (κ1) is 20.1. The number of rotatable bonds is 5. The van der Waals surface area contributed by atoms with Crippen molar-refractivity contribution < 1.29 is 23.2 Å². The van der Waals surface area contributed by atoms with E-state index in [-0.39, 0.29) is 30.7 Å². The number of nitrogens with one attached hydrogen (secondary N) is 1. The molecule has 2 fully saturated rings. The van der Waals surface area contributed by atoms with Crippen LogP contribution >= 0.6 is 0 Å². The van der Waals surface area contributed by atoms with Gasteiger partial charge in [0.25, 0.3) is 0 Å². The molecule has 160 valence electrons. The number of anilines is 2. The van der Waals surface area contributed by atoms with Crippen molar-refractivity contribution in [2.75, 3.05) is 36.0 Å². The van der Waals surface area contributed by atoms with Gasteiger partial charge in [-0.1, -0.05) is 5.16 Å². The number of hydrogen-bond donors (Lipinski definition) is 1. The molecule has 1 aromatic carbocycles. The average Bonchev–Trinajstić information content (AvgIpc) is 3.32. The lowest BCUT2D eigenvalue weighted by atomic mass is 9.95. The van der Waals surface area contributed by atoms with Crippen LogP contribution in [0.2, 0.25) is 0 Å². The summed E-state index contributed by atoms with van der Waals surface area (Å²) in [5, 5.41) is 6.62. The van der Waals surface area contributed by atoms with Crippen molar-refractivity contribution in [1.29, 1.82) is 0 Å². The molecular weight excluding hydrogens is 393 g/mol. The topological polar surface area (TPSA) is 101 Å². The van der Waals surface area contributed by atoms with Crippen LogP contribution in [0.4, 0.5) is 20.6 Å². The van der Waals surface area contributed by atoms with Gasteiger partial charge in [0.2, 0.25) is 11.8 Å². The predicted octanol–water partition coefficient (Wildman–Crippen LogP) is 2.36. The van der Waals surface area contributed by atoms with Crippen LogP contribution in [0, 0.1) is 12.7 Å². The molecule has 3 heterocycles. The van der Waals surface area contributed by atoms with E-state index in [4.69, 9.17) is 9.26 Å². The third kappa shape index (κ3) is 4.22. The van der Waals surface area contributed by atoms with Gasteiger partial charge in [0.05, 0.1) is 24.5 Å². The maximum atomic E-state index is 14.9. The maximum Gasteiger partial charge on any atom is 0.414 e. The molecule has 2 aliphatic rings. The second-order valence-electron chi connectivity index (χ2n) is 7.62. The number of halogens is 1. The minimum Gasteiger partial charge on any atom is -0.442 e. The molecule has 1 atom stereocenters. The molecule has 1 aromatic heterocycles. The molecule has 0 bridgehead atoms. The van der Waals surface area contributed by atoms with Gasteiger partial charge in [0.15, 0.2) is 5.82 Å². The van der Waals surface area contributed by atoms with Gasteiger partial charge in [-0.2, -0.15) is 4.98 Å². The van der Waals surface area contributed by atoms with Crippen LogP contribution in [-0.4, -0.2) is 54.4 Å². The van der Waals surface area contributed by atoms with Crippen molar-refractivity contribution in [2.45, 2.75) is 38.7 Å². The molecule has 0 aliphatic carbocycles. The van der Waals surface area contributed by atoms with Crippen LogP contribution in [0.25, 0.3) is 0 Å². The van der Waals surface area contributed by atoms with Crippen molar-refractivity contribution in [3.05, 3.63) is 35.7 Å². The van der Waals surface area contributed by atoms with E-state index in [0.29, 0.717) is 36.2 Å². The van der Waals surface area contributed by atoms with Gasteiger partial charge in [-0.05, 0) is 31.0 Å². The summed E-state index contributed by atoms with van der Waals surface area (Å²) >= 11 is 0. The van der Waals surface area contributed by atoms with Gasteiger partial charge >= 0.3 is 6.09 Å². The summed E-state index contributed by atoms with van der Waals surface area (Å²) in [6, 6.07) is 4.76. The first-order chi connectivity index (χ1) is 14.4. The molecular formula is C20H24FN5O4. The Balaban J connectivity index is 1.39. The number of carbonyl (C=O) groups is 2. The summed E-state index contributed by atoms with van der Waals surface area (Å²) in [4.78, 5) is 30.8. The highest BCUT2D eigenvalue weighted by Gasteiger charge is 2.33. The lowest BCUT2D eigenvalue weighted by molar-refractivity contribution is -0.119. The highest BCUT2D eigenvalue weighted by atomic mass is 19.1. The molecule has 1 N–H and O–H groups in total. The van der Waals surface area contributed by atoms with Crippen LogP contribution in [-0.2, 0) is 9.53 Å². The first-order valence-electron chi connectivity index (χ1n) is 9.98. The fourth-order valence-corrected chi connectivity index (χ4v) is 3.88. The Morgan fingerprint density at radius 3 is 2.73 bits per heavy atom. The zero-order valence-electron chi connectivity index (χ0n) is 16.9. The van der Waals surface area contributed by atoms with E-state index in [0.717, 1.165) is 12.8 Å². The second-order valence-corrected chi connectivity index (χ2v) is 7.62. The molecule has 0 unspecified atom stereocenters. The SMILES string of the molecule is CC(=O)NC[C@H]1CN(c2ccc(N3CCC(c4noc(C)n4)CC3)c(F)c2)C(=O)O1. The Morgan fingerprint density at radius 1 is 1.33 bits per heavy atom. The van der Waals surface area contributed by atoms with Crippen molar-refractivity contribution >= 4 is 23.4 Å². The zero-order valence-corrected chi connectivity index (χ0v) is 16.9. The van der Waals surface area contributed by atoms with E-state index in [1.54, 1.807) is 19.1 Å². The molecule has 4 rings (SSSR count). The number of benzene rings is 1. The summed E-state index contributed by atoms with van der Waals surface area (Å²) in [5.74, 6) is 0.886.